The van der Waals surface area contributed by atoms with E-state index in [0.717, 1.165) is 5.56 Å². The van der Waals surface area contributed by atoms with Gasteiger partial charge < -0.3 is 4.42 Å². The third kappa shape index (κ3) is 3.58. The SMILES string of the molecule is Clc1ccc(CSc2nnc(-c3ccccc3Cl)o2)c(Cl)c1. The molecule has 1 aromatic heterocycles. The monoisotopic (exact) mass is 370 g/mol. The number of nitrogens with zero attached hydrogens (tertiary/aromatic N) is 2. The van der Waals surface area contributed by atoms with Crippen molar-refractivity contribution in [2.24, 2.45) is 0 Å². The molecule has 0 spiro atoms. The molecule has 3 rings (SSSR count). The zero-order chi connectivity index (χ0) is 15.5. The second kappa shape index (κ2) is 6.92. The van der Waals surface area contributed by atoms with Crippen molar-refractivity contribution in [1.29, 1.82) is 0 Å². The summed E-state index contributed by atoms with van der Waals surface area (Å²) in [6.45, 7) is 0. The van der Waals surface area contributed by atoms with E-state index in [4.69, 9.17) is 39.2 Å². The lowest BCUT2D eigenvalue weighted by molar-refractivity contribution is 0.466. The van der Waals surface area contributed by atoms with Gasteiger partial charge in [0.15, 0.2) is 0 Å². The van der Waals surface area contributed by atoms with Crippen LogP contribution in [0.4, 0.5) is 0 Å². The molecule has 0 saturated heterocycles. The maximum atomic E-state index is 6.14. The minimum atomic E-state index is 0.398. The van der Waals surface area contributed by atoms with Crippen LogP contribution in [0.3, 0.4) is 0 Å². The first kappa shape index (κ1) is 15.7. The largest absolute Gasteiger partial charge is 0.411 e. The predicted octanol–water partition coefficient (Wildman–Crippen LogP) is 5.99. The summed E-state index contributed by atoms with van der Waals surface area (Å²) in [5.74, 6) is 1.01. The van der Waals surface area contributed by atoms with Crippen molar-refractivity contribution in [3.8, 4) is 11.5 Å². The van der Waals surface area contributed by atoms with Gasteiger partial charge in [0.1, 0.15) is 0 Å². The maximum Gasteiger partial charge on any atom is 0.277 e. The molecule has 0 aliphatic carbocycles. The fourth-order valence-electron chi connectivity index (χ4n) is 1.79. The van der Waals surface area contributed by atoms with Gasteiger partial charge in [-0.15, -0.1) is 10.2 Å². The van der Waals surface area contributed by atoms with E-state index in [0.29, 0.717) is 37.5 Å². The second-order valence-corrected chi connectivity index (χ2v) is 6.55. The number of aromatic nitrogens is 2. The molecule has 0 amide bonds. The highest BCUT2D eigenvalue weighted by atomic mass is 35.5. The molecular formula is C15H9Cl3N2OS. The molecule has 0 saturated carbocycles. The van der Waals surface area contributed by atoms with Crippen molar-refractivity contribution in [2.45, 2.75) is 11.0 Å². The number of halogens is 3. The van der Waals surface area contributed by atoms with Crippen LogP contribution < -0.4 is 0 Å². The molecule has 0 fully saturated rings. The fraction of sp³-hybridized carbons (Fsp3) is 0.0667. The topological polar surface area (TPSA) is 38.9 Å². The van der Waals surface area contributed by atoms with Crippen molar-refractivity contribution in [1.82, 2.24) is 10.2 Å². The molecule has 7 heteroatoms. The van der Waals surface area contributed by atoms with Crippen molar-refractivity contribution in [3.63, 3.8) is 0 Å². The van der Waals surface area contributed by atoms with Crippen molar-refractivity contribution < 1.29 is 4.42 Å². The fourth-order valence-corrected chi connectivity index (χ4v) is 3.33. The van der Waals surface area contributed by atoms with Crippen LogP contribution in [0.2, 0.25) is 15.1 Å². The predicted molar refractivity (Wildman–Crippen MR) is 90.8 cm³/mol. The lowest BCUT2D eigenvalue weighted by atomic mass is 10.2. The molecule has 0 unspecified atom stereocenters. The summed E-state index contributed by atoms with van der Waals surface area (Å²) in [5, 5.41) is 10.3. The molecule has 0 bridgehead atoms. The molecule has 112 valence electrons. The normalized spacial score (nSPS) is 10.9. The molecule has 0 radical (unpaired) electrons. The van der Waals surface area contributed by atoms with E-state index in [2.05, 4.69) is 10.2 Å². The summed E-state index contributed by atoms with van der Waals surface area (Å²) in [6.07, 6.45) is 0. The minimum absolute atomic E-state index is 0.398. The van der Waals surface area contributed by atoms with Crippen molar-refractivity contribution in [3.05, 3.63) is 63.1 Å². The Morgan fingerprint density at radius 3 is 2.55 bits per heavy atom. The Morgan fingerprint density at radius 2 is 1.77 bits per heavy atom. The van der Waals surface area contributed by atoms with Crippen LogP contribution >= 0.6 is 46.6 Å². The van der Waals surface area contributed by atoms with Gasteiger partial charge in [0.05, 0.1) is 10.6 Å². The maximum absolute atomic E-state index is 6.14. The highest BCUT2D eigenvalue weighted by Crippen LogP contribution is 2.31. The van der Waals surface area contributed by atoms with E-state index in [-0.39, 0.29) is 0 Å². The summed E-state index contributed by atoms with van der Waals surface area (Å²) in [6, 6.07) is 12.7. The van der Waals surface area contributed by atoms with Crippen LogP contribution in [0.25, 0.3) is 11.5 Å². The lowest BCUT2D eigenvalue weighted by Gasteiger charge is -2.02. The van der Waals surface area contributed by atoms with Crippen LogP contribution in [0.5, 0.6) is 0 Å². The van der Waals surface area contributed by atoms with Gasteiger partial charge >= 0.3 is 0 Å². The first-order chi connectivity index (χ1) is 10.6. The Kier molecular flexibility index (Phi) is 4.93. The molecule has 0 atom stereocenters. The molecule has 3 aromatic rings. The van der Waals surface area contributed by atoms with Gasteiger partial charge in [0, 0.05) is 15.8 Å². The Labute approximate surface area is 146 Å². The molecule has 0 aliphatic rings. The van der Waals surface area contributed by atoms with E-state index < -0.39 is 0 Å². The molecule has 0 aliphatic heterocycles. The number of thioether (sulfide) groups is 1. The Hall–Kier alpha value is -1.20. The van der Waals surface area contributed by atoms with E-state index in [1.807, 2.05) is 24.3 Å². The van der Waals surface area contributed by atoms with E-state index >= 15 is 0 Å². The van der Waals surface area contributed by atoms with Gasteiger partial charge in [-0.2, -0.15) is 0 Å². The highest BCUT2D eigenvalue weighted by Gasteiger charge is 2.12. The third-order valence-corrected chi connectivity index (χ3v) is 4.66. The summed E-state index contributed by atoms with van der Waals surface area (Å²) < 4.78 is 5.62. The third-order valence-electron chi connectivity index (χ3n) is 2.88. The van der Waals surface area contributed by atoms with Crippen LogP contribution in [-0.2, 0) is 5.75 Å². The van der Waals surface area contributed by atoms with Gasteiger partial charge in [0.25, 0.3) is 5.22 Å². The Morgan fingerprint density at radius 1 is 0.955 bits per heavy atom. The molecule has 2 aromatic carbocycles. The molecule has 1 heterocycles. The first-order valence-electron chi connectivity index (χ1n) is 6.28. The molecular weight excluding hydrogens is 363 g/mol. The standard InChI is InChI=1S/C15H9Cl3N2OS/c16-10-6-5-9(13(18)7-10)8-22-15-20-19-14(21-15)11-3-1-2-4-12(11)17/h1-7H,8H2. The minimum Gasteiger partial charge on any atom is -0.411 e. The van der Waals surface area contributed by atoms with E-state index in [1.54, 1.807) is 18.2 Å². The lowest BCUT2D eigenvalue weighted by Crippen LogP contribution is -1.82. The summed E-state index contributed by atoms with van der Waals surface area (Å²) in [4.78, 5) is 0. The van der Waals surface area contributed by atoms with Gasteiger partial charge in [-0.1, -0.05) is 64.8 Å². The van der Waals surface area contributed by atoms with Gasteiger partial charge in [-0.05, 0) is 29.8 Å². The Balaban J connectivity index is 1.74. The number of rotatable bonds is 4. The van der Waals surface area contributed by atoms with Crippen LogP contribution in [-0.4, -0.2) is 10.2 Å². The average molecular weight is 372 g/mol. The quantitative estimate of drug-likeness (QED) is 0.528. The summed E-state index contributed by atoms with van der Waals surface area (Å²) >= 11 is 19.5. The van der Waals surface area contributed by atoms with Gasteiger partial charge in [-0.25, -0.2) is 0 Å². The second-order valence-electron chi connectivity index (χ2n) is 4.38. The molecule has 3 nitrogen and oxygen atoms in total. The first-order valence-corrected chi connectivity index (χ1v) is 8.40. The zero-order valence-electron chi connectivity index (χ0n) is 11.1. The zero-order valence-corrected chi connectivity index (χ0v) is 14.2. The van der Waals surface area contributed by atoms with Gasteiger partial charge in [-0.3, -0.25) is 0 Å². The number of hydrogen-bond donors (Lipinski definition) is 0. The summed E-state index contributed by atoms with van der Waals surface area (Å²) in [7, 11) is 0. The number of hydrogen-bond acceptors (Lipinski definition) is 4. The van der Waals surface area contributed by atoms with E-state index in [9.17, 15) is 0 Å². The molecule has 0 N–H and O–H groups in total. The van der Waals surface area contributed by atoms with Crippen molar-refractivity contribution in [2.75, 3.05) is 0 Å². The van der Waals surface area contributed by atoms with Crippen LogP contribution in [0.15, 0.2) is 52.1 Å². The summed E-state index contributed by atoms with van der Waals surface area (Å²) in [5.41, 5.74) is 1.67. The highest BCUT2D eigenvalue weighted by molar-refractivity contribution is 7.98. The van der Waals surface area contributed by atoms with Crippen molar-refractivity contribution >= 4 is 46.6 Å². The van der Waals surface area contributed by atoms with Crippen LogP contribution in [0.1, 0.15) is 5.56 Å². The Bertz CT molecular complexity index is 807. The molecule has 22 heavy (non-hydrogen) atoms. The number of benzene rings is 2. The van der Waals surface area contributed by atoms with Crippen LogP contribution in [0, 0.1) is 0 Å². The van der Waals surface area contributed by atoms with Gasteiger partial charge in [0.2, 0.25) is 5.89 Å². The average Bonchev–Trinajstić information content (AvgIpc) is 2.95. The smallest absolute Gasteiger partial charge is 0.277 e. The van der Waals surface area contributed by atoms with E-state index in [1.165, 1.54) is 11.8 Å².